The normalized spacial score (nSPS) is 26.5. The smallest absolute Gasteiger partial charge is 0.338 e. The van der Waals surface area contributed by atoms with Crippen LogP contribution in [-0.4, -0.2) is 55.9 Å². The molecule has 6 atom stereocenters. The molecule has 2 fully saturated rings. The van der Waals surface area contributed by atoms with E-state index in [2.05, 4.69) is 6.58 Å². The molecule has 196 valence electrons. The summed E-state index contributed by atoms with van der Waals surface area (Å²) in [5.74, 6) is -1.21. The second-order valence-electron chi connectivity index (χ2n) is 8.81. The standard InChI is InChI=1S/C30H28O8/c1-2-18-33-30-26(37-28(32)21-14-8-4-9-15-21)25(36-27(31)20-12-6-3-7-13-20)24-23(35-30)19-34-29(38-24)22-16-10-5-11-17-22/h2-17,23-26,29-30H,1,18-19H2/t23-,24-,25+,26-,29-,30+/m1/s1. The van der Waals surface area contributed by atoms with Gasteiger partial charge in [-0.3, -0.25) is 0 Å². The van der Waals surface area contributed by atoms with E-state index in [-0.39, 0.29) is 13.2 Å². The quantitative estimate of drug-likeness (QED) is 0.320. The average Bonchev–Trinajstić information content (AvgIpc) is 2.98. The van der Waals surface area contributed by atoms with Gasteiger partial charge in [0.2, 0.25) is 0 Å². The largest absolute Gasteiger partial charge is 0.452 e. The van der Waals surface area contributed by atoms with Crippen molar-refractivity contribution in [2.45, 2.75) is 37.0 Å². The number of carbonyl (C=O) groups is 2. The first-order valence-electron chi connectivity index (χ1n) is 12.4. The molecule has 0 saturated carbocycles. The Morgan fingerprint density at radius 3 is 1.92 bits per heavy atom. The van der Waals surface area contributed by atoms with E-state index in [0.717, 1.165) is 5.56 Å². The van der Waals surface area contributed by atoms with E-state index in [1.807, 2.05) is 30.3 Å². The van der Waals surface area contributed by atoms with Gasteiger partial charge in [-0.15, -0.1) is 6.58 Å². The van der Waals surface area contributed by atoms with Crippen molar-refractivity contribution in [3.05, 3.63) is 120 Å². The summed E-state index contributed by atoms with van der Waals surface area (Å²) in [5.41, 5.74) is 1.47. The van der Waals surface area contributed by atoms with Crippen LogP contribution in [0.4, 0.5) is 0 Å². The zero-order valence-electron chi connectivity index (χ0n) is 20.6. The molecule has 38 heavy (non-hydrogen) atoms. The molecular weight excluding hydrogens is 488 g/mol. The molecule has 0 radical (unpaired) electrons. The number of ether oxygens (including phenoxy) is 6. The van der Waals surface area contributed by atoms with Crippen LogP contribution in [0.1, 0.15) is 32.6 Å². The molecule has 0 N–H and O–H groups in total. The molecule has 0 amide bonds. The topological polar surface area (TPSA) is 89.5 Å². The van der Waals surface area contributed by atoms with Crippen molar-refractivity contribution in [3.63, 3.8) is 0 Å². The summed E-state index contributed by atoms with van der Waals surface area (Å²) in [7, 11) is 0. The first-order valence-corrected chi connectivity index (χ1v) is 12.4. The van der Waals surface area contributed by atoms with Gasteiger partial charge in [0.15, 0.2) is 24.8 Å². The molecule has 0 aromatic heterocycles. The minimum Gasteiger partial charge on any atom is -0.452 e. The number of fused-ring (bicyclic) bond motifs is 1. The number of hydrogen-bond acceptors (Lipinski definition) is 8. The fourth-order valence-electron chi connectivity index (χ4n) is 4.41. The van der Waals surface area contributed by atoms with Crippen molar-refractivity contribution in [2.75, 3.05) is 13.2 Å². The second-order valence-corrected chi connectivity index (χ2v) is 8.81. The van der Waals surface area contributed by atoms with Crippen LogP contribution < -0.4 is 0 Å². The van der Waals surface area contributed by atoms with Crippen LogP contribution in [0.2, 0.25) is 0 Å². The first-order chi connectivity index (χ1) is 18.6. The molecule has 0 spiro atoms. The van der Waals surface area contributed by atoms with E-state index in [1.165, 1.54) is 0 Å². The molecule has 8 nitrogen and oxygen atoms in total. The lowest BCUT2D eigenvalue weighted by Gasteiger charge is -2.48. The van der Waals surface area contributed by atoms with Crippen molar-refractivity contribution in [2.24, 2.45) is 0 Å². The van der Waals surface area contributed by atoms with E-state index in [4.69, 9.17) is 28.4 Å². The van der Waals surface area contributed by atoms with Crippen molar-refractivity contribution in [1.29, 1.82) is 0 Å². The Kier molecular flexibility index (Phi) is 8.25. The van der Waals surface area contributed by atoms with Crippen molar-refractivity contribution < 1.29 is 38.0 Å². The van der Waals surface area contributed by atoms with Crippen LogP contribution in [0.15, 0.2) is 104 Å². The van der Waals surface area contributed by atoms with Gasteiger partial charge in [-0.1, -0.05) is 72.8 Å². The Bertz CT molecular complexity index is 1220. The third kappa shape index (κ3) is 5.84. The highest BCUT2D eigenvalue weighted by atomic mass is 16.8. The highest BCUT2D eigenvalue weighted by Crippen LogP contribution is 2.37. The minimum atomic E-state index is -1.13. The molecule has 0 unspecified atom stereocenters. The van der Waals surface area contributed by atoms with Crippen LogP contribution >= 0.6 is 0 Å². The molecule has 0 aliphatic carbocycles. The summed E-state index contributed by atoms with van der Waals surface area (Å²) in [5, 5.41) is 0. The van der Waals surface area contributed by atoms with Crippen LogP contribution in [0.3, 0.4) is 0 Å². The maximum Gasteiger partial charge on any atom is 0.338 e. The van der Waals surface area contributed by atoms with Crippen molar-refractivity contribution in [1.82, 2.24) is 0 Å². The van der Waals surface area contributed by atoms with Crippen molar-refractivity contribution >= 4 is 11.9 Å². The molecule has 3 aromatic carbocycles. The molecular formula is C30H28O8. The Morgan fingerprint density at radius 1 is 0.789 bits per heavy atom. The zero-order valence-corrected chi connectivity index (χ0v) is 20.6. The Hall–Kier alpha value is -3.82. The van der Waals surface area contributed by atoms with E-state index in [9.17, 15) is 9.59 Å². The lowest BCUT2D eigenvalue weighted by molar-refractivity contribution is -0.358. The van der Waals surface area contributed by atoms with Crippen molar-refractivity contribution in [3.8, 4) is 0 Å². The third-order valence-electron chi connectivity index (χ3n) is 6.24. The number of carbonyl (C=O) groups excluding carboxylic acids is 2. The lowest BCUT2D eigenvalue weighted by atomic mass is 9.97. The number of benzene rings is 3. The number of hydrogen-bond donors (Lipinski definition) is 0. The predicted molar refractivity (Wildman–Crippen MR) is 136 cm³/mol. The number of rotatable bonds is 8. The zero-order chi connectivity index (χ0) is 26.3. The highest BCUT2D eigenvalue weighted by molar-refractivity contribution is 5.90. The minimum absolute atomic E-state index is 0.120. The SMILES string of the molecule is C=CCO[C@H]1O[C@@H]2CO[C@@H](c3ccccc3)O[C@H]2[C@H](OC(=O)c2ccccc2)[C@H]1OC(=O)c1ccccc1. The lowest BCUT2D eigenvalue weighted by Crippen LogP contribution is -2.64. The molecule has 2 aliphatic heterocycles. The summed E-state index contributed by atoms with van der Waals surface area (Å²) in [4.78, 5) is 26.3. The summed E-state index contributed by atoms with van der Waals surface area (Å²) in [6.45, 7) is 3.96. The van der Waals surface area contributed by atoms with Gasteiger partial charge in [0.25, 0.3) is 0 Å². The molecule has 3 aromatic rings. The molecule has 2 saturated heterocycles. The van der Waals surface area contributed by atoms with Gasteiger partial charge in [-0.2, -0.15) is 0 Å². The second kappa shape index (κ2) is 12.1. The van der Waals surface area contributed by atoms with E-state index >= 15 is 0 Å². The van der Waals surface area contributed by atoms with Gasteiger partial charge < -0.3 is 28.4 Å². The molecule has 2 heterocycles. The molecule has 2 aliphatic rings. The Labute approximate surface area is 220 Å². The monoisotopic (exact) mass is 516 g/mol. The van der Waals surface area contributed by atoms with Gasteiger partial charge in [-0.05, 0) is 24.3 Å². The summed E-state index contributed by atoms with van der Waals surface area (Å²) in [6.07, 6.45) is -3.88. The first kappa shape index (κ1) is 25.8. The maximum absolute atomic E-state index is 13.2. The van der Waals surface area contributed by atoms with E-state index in [0.29, 0.717) is 11.1 Å². The third-order valence-corrected chi connectivity index (χ3v) is 6.24. The van der Waals surface area contributed by atoms with Crippen LogP contribution in [0.25, 0.3) is 0 Å². The molecule has 8 heteroatoms. The Balaban J connectivity index is 1.48. The predicted octanol–water partition coefficient (Wildman–Crippen LogP) is 4.48. The van der Waals surface area contributed by atoms with Gasteiger partial charge in [0.1, 0.15) is 12.2 Å². The molecule has 5 rings (SSSR count). The van der Waals surface area contributed by atoms with Crippen LogP contribution in [0, 0.1) is 0 Å². The fourth-order valence-corrected chi connectivity index (χ4v) is 4.41. The highest BCUT2D eigenvalue weighted by Gasteiger charge is 2.54. The van der Waals surface area contributed by atoms with Crippen LogP contribution in [0.5, 0.6) is 0 Å². The summed E-state index contributed by atoms with van der Waals surface area (Å²) >= 11 is 0. The summed E-state index contributed by atoms with van der Waals surface area (Å²) < 4.78 is 36.2. The van der Waals surface area contributed by atoms with Gasteiger partial charge in [-0.25, -0.2) is 9.59 Å². The van der Waals surface area contributed by atoms with Gasteiger partial charge in [0, 0.05) is 5.56 Å². The summed E-state index contributed by atoms with van der Waals surface area (Å²) in [6, 6.07) is 26.5. The van der Waals surface area contributed by atoms with E-state index < -0.39 is 48.9 Å². The van der Waals surface area contributed by atoms with Gasteiger partial charge in [0.05, 0.1) is 24.3 Å². The molecule has 0 bridgehead atoms. The van der Waals surface area contributed by atoms with Crippen LogP contribution in [-0.2, 0) is 28.4 Å². The van der Waals surface area contributed by atoms with Gasteiger partial charge >= 0.3 is 11.9 Å². The maximum atomic E-state index is 13.2. The Morgan fingerprint density at radius 2 is 1.34 bits per heavy atom. The number of esters is 2. The van der Waals surface area contributed by atoms with E-state index in [1.54, 1.807) is 66.7 Å². The average molecular weight is 517 g/mol. The fraction of sp³-hybridized carbons (Fsp3) is 0.267.